The zero-order chi connectivity index (χ0) is 23.6. The van der Waals surface area contributed by atoms with Crippen LogP contribution in [0, 0.1) is 0 Å². The van der Waals surface area contributed by atoms with E-state index in [1.165, 1.54) is 0 Å². The Hall–Kier alpha value is -3.16. The summed E-state index contributed by atoms with van der Waals surface area (Å²) in [6.07, 6.45) is 0. The summed E-state index contributed by atoms with van der Waals surface area (Å²) in [6, 6.07) is 23.6. The molecule has 4 rings (SSSR count). The van der Waals surface area contributed by atoms with E-state index < -0.39 is 0 Å². The van der Waals surface area contributed by atoms with Crippen LogP contribution in [0.15, 0.2) is 72.8 Å². The molecule has 4 aromatic carbocycles. The molecule has 0 aliphatic carbocycles. The van der Waals surface area contributed by atoms with Gasteiger partial charge in [0.25, 0.3) is 0 Å². The predicted molar refractivity (Wildman–Crippen MR) is 132 cm³/mol. The van der Waals surface area contributed by atoms with Crippen molar-refractivity contribution in [1.29, 1.82) is 0 Å². The zero-order valence-corrected chi connectivity index (χ0v) is 19.1. The summed E-state index contributed by atoms with van der Waals surface area (Å²) < 4.78 is 22.7. The van der Waals surface area contributed by atoms with E-state index in [2.05, 4.69) is 0 Å². The van der Waals surface area contributed by atoms with E-state index in [1.807, 2.05) is 72.8 Å². The Morgan fingerprint density at radius 3 is 1.26 bits per heavy atom. The molecule has 0 bridgehead atoms. The first-order valence-electron chi connectivity index (χ1n) is 11.4. The van der Waals surface area contributed by atoms with Gasteiger partial charge < -0.3 is 29.2 Å². The van der Waals surface area contributed by atoms with Gasteiger partial charge in [0, 0.05) is 0 Å². The number of aliphatic hydroxyl groups is 2. The Kier molecular flexibility index (Phi) is 8.71. The highest BCUT2D eigenvalue weighted by atomic mass is 16.6. The van der Waals surface area contributed by atoms with E-state index in [1.54, 1.807) is 0 Å². The van der Waals surface area contributed by atoms with Crippen LogP contribution < -0.4 is 9.47 Å². The van der Waals surface area contributed by atoms with E-state index in [0.717, 1.165) is 44.2 Å². The molecule has 0 atom stereocenters. The summed E-state index contributed by atoms with van der Waals surface area (Å²) in [5.74, 6) is 1.59. The molecule has 34 heavy (non-hydrogen) atoms. The van der Waals surface area contributed by atoms with E-state index in [-0.39, 0.29) is 13.2 Å². The molecule has 0 aliphatic rings. The molecular weight excluding hydrogens is 432 g/mol. The number of aliphatic hydroxyl groups excluding tert-OH is 2. The molecule has 0 saturated heterocycles. The van der Waals surface area contributed by atoms with Crippen LogP contribution in [0.25, 0.3) is 21.5 Å². The van der Waals surface area contributed by atoms with Gasteiger partial charge in [-0.3, -0.25) is 0 Å². The van der Waals surface area contributed by atoms with Crippen LogP contribution in [0.1, 0.15) is 11.1 Å². The fraction of sp³-hybridized carbons (Fsp3) is 0.286. The minimum absolute atomic E-state index is 0.0418. The van der Waals surface area contributed by atoms with Crippen LogP contribution in [0.4, 0.5) is 0 Å². The monoisotopic (exact) mass is 462 g/mol. The van der Waals surface area contributed by atoms with Gasteiger partial charge in [0.1, 0.15) is 24.7 Å². The molecule has 0 aliphatic heterocycles. The Morgan fingerprint density at radius 1 is 0.441 bits per heavy atom. The van der Waals surface area contributed by atoms with Crippen molar-refractivity contribution in [3.05, 3.63) is 83.9 Å². The molecule has 0 radical (unpaired) electrons. The molecule has 0 aromatic heterocycles. The van der Waals surface area contributed by atoms with Crippen LogP contribution in [0.3, 0.4) is 0 Å². The summed E-state index contributed by atoms with van der Waals surface area (Å²) in [5, 5.41) is 22.8. The van der Waals surface area contributed by atoms with E-state index >= 15 is 0 Å². The molecule has 0 saturated carbocycles. The topological polar surface area (TPSA) is 77.4 Å². The smallest absolute Gasteiger partial charge is 0.120 e. The molecular formula is C28H30O6. The third-order valence-electron chi connectivity index (χ3n) is 5.48. The van der Waals surface area contributed by atoms with Crippen molar-refractivity contribution >= 4 is 21.5 Å². The minimum Gasteiger partial charge on any atom is -0.491 e. The fourth-order valence-corrected chi connectivity index (χ4v) is 3.68. The average molecular weight is 463 g/mol. The summed E-state index contributed by atoms with van der Waals surface area (Å²) in [4.78, 5) is 0. The number of ether oxygens (including phenoxy) is 4. The lowest BCUT2D eigenvalue weighted by Crippen LogP contribution is -2.13. The molecule has 4 aromatic rings. The second-order valence-corrected chi connectivity index (χ2v) is 7.92. The van der Waals surface area contributed by atoms with Crippen LogP contribution in [-0.2, 0) is 22.7 Å². The van der Waals surface area contributed by atoms with Crippen molar-refractivity contribution in [3.8, 4) is 11.5 Å². The van der Waals surface area contributed by atoms with E-state index in [4.69, 9.17) is 18.9 Å². The first-order valence-corrected chi connectivity index (χ1v) is 11.4. The van der Waals surface area contributed by atoms with Crippen LogP contribution in [0.5, 0.6) is 11.5 Å². The standard InChI is InChI=1S/C28H30O6/c29-19-21-1-3-25-17-27(7-5-23(25)15-21)33-13-11-31-9-10-32-12-14-34-28-8-6-24-16-22(20-30)2-4-26(24)18-28/h1-8,15-18,29-30H,9-14,19-20H2. The highest BCUT2D eigenvalue weighted by molar-refractivity contribution is 5.85. The van der Waals surface area contributed by atoms with Gasteiger partial charge in [0.2, 0.25) is 0 Å². The van der Waals surface area contributed by atoms with Crippen molar-refractivity contribution < 1.29 is 29.2 Å². The van der Waals surface area contributed by atoms with Gasteiger partial charge in [-0.2, -0.15) is 0 Å². The molecule has 0 spiro atoms. The maximum Gasteiger partial charge on any atom is 0.120 e. The number of hydrogen-bond donors (Lipinski definition) is 2. The van der Waals surface area contributed by atoms with Crippen molar-refractivity contribution in [2.24, 2.45) is 0 Å². The Labute approximate surface area is 199 Å². The van der Waals surface area contributed by atoms with Crippen LogP contribution in [0.2, 0.25) is 0 Å². The Bertz CT molecular complexity index is 1110. The molecule has 0 amide bonds. The fourth-order valence-electron chi connectivity index (χ4n) is 3.68. The summed E-state index contributed by atoms with van der Waals surface area (Å²) in [5.41, 5.74) is 1.80. The lowest BCUT2D eigenvalue weighted by Gasteiger charge is -2.10. The van der Waals surface area contributed by atoms with Gasteiger partial charge in [-0.1, -0.05) is 36.4 Å². The summed E-state index contributed by atoms with van der Waals surface area (Å²) in [6.45, 7) is 2.96. The highest BCUT2D eigenvalue weighted by Gasteiger charge is 2.01. The van der Waals surface area contributed by atoms with Crippen molar-refractivity contribution in [3.63, 3.8) is 0 Å². The van der Waals surface area contributed by atoms with Gasteiger partial charge in [-0.15, -0.1) is 0 Å². The Morgan fingerprint density at radius 2 is 0.824 bits per heavy atom. The van der Waals surface area contributed by atoms with Crippen LogP contribution >= 0.6 is 0 Å². The highest BCUT2D eigenvalue weighted by Crippen LogP contribution is 2.23. The molecule has 0 fully saturated rings. The predicted octanol–water partition coefficient (Wildman–Crippen LogP) is 4.47. The second kappa shape index (κ2) is 12.3. The van der Waals surface area contributed by atoms with Crippen molar-refractivity contribution in [1.82, 2.24) is 0 Å². The van der Waals surface area contributed by atoms with Crippen LogP contribution in [-0.4, -0.2) is 49.9 Å². The molecule has 2 N–H and O–H groups in total. The molecule has 6 nitrogen and oxygen atoms in total. The first kappa shape index (κ1) is 24.0. The minimum atomic E-state index is 0.0418. The SMILES string of the molecule is OCc1ccc2cc(OCCOCCOCCOc3ccc4cc(CO)ccc4c3)ccc2c1. The third kappa shape index (κ3) is 6.68. The zero-order valence-electron chi connectivity index (χ0n) is 19.1. The third-order valence-corrected chi connectivity index (χ3v) is 5.48. The normalized spacial score (nSPS) is 11.2. The second-order valence-electron chi connectivity index (χ2n) is 7.92. The maximum absolute atomic E-state index is 9.23. The molecule has 0 unspecified atom stereocenters. The van der Waals surface area contributed by atoms with Crippen molar-refractivity contribution in [2.75, 3.05) is 39.6 Å². The van der Waals surface area contributed by atoms with Gasteiger partial charge in [0.15, 0.2) is 0 Å². The summed E-state index contributed by atoms with van der Waals surface area (Å²) >= 11 is 0. The lowest BCUT2D eigenvalue weighted by atomic mass is 10.1. The van der Waals surface area contributed by atoms with Crippen molar-refractivity contribution in [2.45, 2.75) is 13.2 Å². The van der Waals surface area contributed by atoms with Gasteiger partial charge in [-0.25, -0.2) is 0 Å². The largest absolute Gasteiger partial charge is 0.491 e. The van der Waals surface area contributed by atoms with E-state index in [9.17, 15) is 10.2 Å². The number of hydrogen-bond acceptors (Lipinski definition) is 6. The van der Waals surface area contributed by atoms with E-state index in [0.29, 0.717) is 39.6 Å². The Balaban J connectivity index is 1.06. The molecule has 178 valence electrons. The van der Waals surface area contributed by atoms with Gasteiger partial charge in [-0.05, 0) is 69.1 Å². The van der Waals surface area contributed by atoms with Gasteiger partial charge >= 0.3 is 0 Å². The quantitative estimate of drug-likeness (QED) is 0.286. The molecule has 0 heterocycles. The number of benzene rings is 4. The summed E-state index contributed by atoms with van der Waals surface area (Å²) in [7, 11) is 0. The van der Waals surface area contributed by atoms with Gasteiger partial charge in [0.05, 0.1) is 39.6 Å². The molecule has 6 heteroatoms. The maximum atomic E-state index is 9.23. The average Bonchev–Trinajstić information content (AvgIpc) is 2.88. The number of rotatable bonds is 13. The lowest BCUT2D eigenvalue weighted by molar-refractivity contribution is 0.0274. The number of fused-ring (bicyclic) bond motifs is 2. The first-order chi connectivity index (χ1) is 16.7.